The fourth-order valence-electron chi connectivity index (χ4n) is 4.45. The highest BCUT2D eigenvalue weighted by atomic mass is 19.2. The summed E-state index contributed by atoms with van der Waals surface area (Å²) in [6.45, 7) is -0.0212. The Morgan fingerprint density at radius 2 is 1.90 bits per heavy atom. The maximum atomic E-state index is 14.0. The van der Waals surface area contributed by atoms with E-state index in [0.717, 1.165) is 30.9 Å². The second-order valence-corrected chi connectivity index (χ2v) is 7.84. The van der Waals surface area contributed by atoms with Gasteiger partial charge in [0.15, 0.2) is 11.6 Å². The monoisotopic (exact) mass is 398 g/mol. The van der Waals surface area contributed by atoms with E-state index >= 15 is 0 Å². The zero-order chi connectivity index (χ0) is 20.4. The molecule has 0 spiro atoms. The number of aryl methyl sites for hydroxylation is 1. The summed E-state index contributed by atoms with van der Waals surface area (Å²) in [5, 5.41) is 3.11. The fourth-order valence-corrected chi connectivity index (χ4v) is 4.45. The lowest BCUT2D eigenvalue weighted by atomic mass is 9.87. The predicted molar refractivity (Wildman–Crippen MR) is 105 cm³/mol. The fraction of sp³-hybridized carbons (Fsp3) is 0.391. The standard InChI is InChI=1S/C23H24F2N2O2/c24-19-9-3-7-16(23(19)25)14-27-17(11-12-22(27)29)13-21(28)26-20-10-4-6-15-5-1-2-8-18(15)20/h1-3,5,7-9,17,20H,4,6,10-14H2,(H,26,28). The summed E-state index contributed by atoms with van der Waals surface area (Å²) in [6.07, 6.45) is 3.97. The third-order valence-corrected chi connectivity index (χ3v) is 5.95. The number of nitrogens with zero attached hydrogens (tertiary/aromatic N) is 1. The molecule has 2 aromatic rings. The third kappa shape index (κ3) is 4.16. The van der Waals surface area contributed by atoms with Crippen molar-refractivity contribution in [1.82, 2.24) is 10.2 Å². The van der Waals surface area contributed by atoms with Crippen LogP contribution < -0.4 is 5.32 Å². The average Bonchev–Trinajstić information content (AvgIpc) is 3.05. The van der Waals surface area contributed by atoms with E-state index in [9.17, 15) is 18.4 Å². The minimum absolute atomic E-state index is 0.0151. The second kappa shape index (κ2) is 8.31. The summed E-state index contributed by atoms with van der Waals surface area (Å²) in [7, 11) is 0. The van der Waals surface area contributed by atoms with Gasteiger partial charge in [-0.3, -0.25) is 9.59 Å². The zero-order valence-corrected chi connectivity index (χ0v) is 16.2. The van der Waals surface area contributed by atoms with Gasteiger partial charge in [0.25, 0.3) is 0 Å². The van der Waals surface area contributed by atoms with Crippen LogP contribution in [0, 0.1) is 11.6 Å². The van der Waals surface area contributed by atoms with Gasteiger partial charge in [-0.2, -0.15) is 0 Å². The van der Waals surface area contributed by atoms with Crippen LogP contribution >= 0.6 is 0 Å². The molecule has 0 aromatic heterocycles. The Hall–Kier alpha value is -2.76. The smallest absolute Gasteiger partial charge is 0.223 e. The van der Waals surface area contributed by atoms with Gasteiger partial charge in [0, 0.05) is 31.0 Å². The Kier molecular flexibility index (Phi) is 5.60. The lowest BCUT2D eigenvalue weighted by Crippen LogP contribution is -2.38. The first kappa shape index (κ1) is 19.6. The van der Waals surface area contributed by atoms with E-state index < -0.39 is 11.6 Å². The molecule has 4 rings (SSSR count). The molecule has 152 valence electrons. The number of benzene rings is 2. The van der Waals surface area contributed by atoms with E-state index in [0.29, 0.717) is 12.8 Å². The van der Waals surface area contributed by atoms with Crippen LogP contribution in [0.4, 0.5) is 8.78 Å². The molecule has 0 saturated carbocycles. The van der Waals surface area contributed by atoms with Crippen molar-refractivity contribution >= 4 is 11.8 Å². The summed E-state index contributed by atoms with van der Waals surface area (Å²) in [4.78, 5) is 26.5. The summed E-state index contributed by atoms with van der Waals surface area (Å²) >= 11 is 0. The van der Waals surface area contributed by atoms with E-state index in [4.69, 9.17) is 0 Å². The number of carbonyl (C=O) groups is 2. The molecule has 2 unspecified atom stereocenters. The molecule has 1 saturated heterocycles. The minimum Gasteiger partial charge on any atom is -0.349 e. The van der Waals surface area contributed by atoms with E-state index in [1.165, 1.54) is 22.6 Å². The molecular formula is C23H24F2N2O2. The van der Waals surface area contributed by atoms with Crippen molar-refractivity contribution < 1.29 is 18.4 Å². The first-order chi connectivity index (χ1) is 14.0. The van der Waals surface area contributed by atoms with Crippen LogP contribution in [0.25, 0.3) is 0 Å². The van der Waals surface area contributed by atoms with Crippen LogP contribution in [0.5, 0.6) is 0 Å². The molecule has 2 amide bonds. The number of rotatable bonds is 5. The van der Waals surface area contributed by atoms with Crippen molar-refractivity contribution in [3.63, 3.8) is 0 Å². The van der Waals surface area contributed by atoms with Crippen LogP contribution in [0.15, 0.2) is 42.5 Å². The number of nitrogens with one attached hydrogen (secondary N) is 1. The van der Waals surface area contributed by atoms with E-state index in [-0.39, 0.29) is 42.4 Å². The van der Waals surface area contributed by atoms with Gasteiger partial charge in [-0.15, -0.1) is 0 Å². The van der Waals surface area contributed by atoms with Gasteiger partial charge in [0.05, 0.1) is 6.04 Å². The van der Waals surface area contributed by atoms with Crippen molar-refractivity contribution in [2.45, 2.75) is 57.2 Å². The largest absolute Gasteiger partial charge is 0.349 e. The maximum Gasteiger partial charge on any atom is 0.223 e. The summed E-state index contributed by atoms with van der Waals surface area (Å²) in [5.41, 5.74) is 2.56. The van der Waals surface area contributed by atoms with Gasteiger partial charge in [0.2, 0.25) is 11.8 Å². The van der Waals surface area contributed by atoms with Gasteiger partial charge < -0.3 is 10.2 Å². The molecular weight excluding hydrogens is 374 g/mol. The van der Waals surface area contributed by atoms with Gasteiger partial charge in [0.1, 0.15) is 0 Å². The van der Waals surface area contributed by atoms with Crippen LogP contribution in [-0.4, -0.2) is 22.8 Å². The number of hydrogen-bond donors (Lipinski definition) is 1. The number of fused-ring (bicyclic) bond motifs is 1. The number of halogens is 2. The highest BCUT2D eigenvalue weighted by molar-refractivity contribution is 5.82. The first-order valence-corrected chi connectivity index (χ1v) is 10.1. The number of hydrogen-bond acceptors (Lipinski definition) is 2. The highest BCUT2D eigenvalue weighted by Crippen LogP contribution is 2.30. The third-order valence-electron chi connectivity index (χ3n) is 5.95. The Balaban J connectivity index is 1.42. The molecule has 4 nitrogen and oxygen atoms in total. The molecule has 1 heterocycles. The Morgan fingerprint density at radius 1 is 1.07 bits per heavy atom. The van der Waals surface area contributed by atoms with Crippen molar-refractivity contribution in [2.75, 3.05) is 0 Å². The topological polar surface area (TPSA) is 49.4 Å². The van der Waals surface area contributed by atoms with Crippen molar-refractivity contribution in [1.29, 1.82) is 0 Å². The Labute approximate surface area is 168 Å². The van der Waals surface area contributed by atoms with E-state index in [1.54, 1.807) is 0 Å². The van der Waals surface area contributed by atoms with Crippen molar-refractivity contribution in [2.24, 2.45) is 0 Å². The van der Waals surface area contributed by atoms with Crippen LogP contribution in [0.3, 0.4) is 0 Å². The van der Waals surface area contributed by atoms with Crippen molar-refractivity contribution in [3.8, 4) is 0 Å². The van der Waals surface area contributed by atoms with Crippen LogP contribution in [-0.2, 0) is 22.6 Å². The first-order valence-electron chi connectivity index (χ1n) is 10.1. The lowest BCUT2D eigenvalue weighted by Gasteiger charge is -2.28. The molecule has 0 bridgehead atoms. The maximum absolute atomic E-state index is 14.0. The van der Waals surface area contributed by atoms with Crippen LogP contribution in [0.2, 0.25) is 0 Å². The highest BCUT2D eigenvalue weighted by Gasteiger charge is 2.33. The Morgan fingerprint density at radius 3 is 2.76 bits per heavy atom. The predicted octanol–water partition coefficient (Wildman–Crippen LogP) is 4.04. The minimum atomic E-state index is -0.936. The number of amides is 2. The molecule has 6 heteroatoms. The van der Waals surface area contributed by atoms with Gasteiger partial charge >= 0.3 is 0 Å². The van der Waals surface area contributed by atoms with Gasteiger partial charge in [-0.25, -0.2) is 8.78 Å². The Bertz CT molecular complexity index is 931. The summed E-state index contributed by atoms with van der Waals surface area (Å²) < 4.78 is 27.5. The summed E-state index contributed by atoms with van der Waals surface area (Å²) in [6, 6.07) is 11.8. The van der Waals surface area contributed by atoms with Crippen LogP contribution in [0.1, 0.15) is 54.8 Å². The number of carbonyl (C=O) groups excluding carboxylic acids is 2. The second-order valence-electron chi connectivity index (χ2n) is 7.84. The molecule has 1 fully saturated rings. The van der Waals surface area contributed by atoms with E-state index in [1.807, 2.05) is 12.1 Å². The SMILES string of the molecule is O=C(CC1CCC(=O)N1Cc1cccc(F)c1F)NC1CCCc2ccccc21. The molecule has 2 atom stereocenters. The van der Waals surface area contributed by atoms with Gasteiger partial charge in [-0.1, -0.05) is 36.4 Å². The quantitative estimate of drug-likeness (QED) is 0.826. The molecule has 0 radical (unpaired) electrons. The lowest BCUT2D eigenvalue weighted by molar-refractivity contribution is -0.130. The molecule has 2 aromatic carbocycles. The van der Waals surface area contributed by atoms with Gasteiger partial charge in [-0.05, 0) is 42.9 Å². The molecule has 1 aliphatic heterocycles. The molecule has 1 aliphatic carbocycles. The number of likely N-dealkylation sites (tertiary alicyclic amines) is 1. The van der Waals surface area contributed by atoms with E-state index in [2.05, 4.69) is 17.4 Å². The normalized spacial score (nSPS) is 21.2. The summed E-state index contributed by atoms with van der Waals surface area (Å²) in [5.74, 6) is -2.11. The molecule has 1 N–H and O–H groups in total. The van der Waals surface area contributed by atoms with Crippen molar-refractivity contribution in [3.05, 3.63) is 70.8 Å². The molecule has 29 heavy (non-hydrogen) atoms. The average molecular weight is 398 g/mol. The zero-order valence-electron chi connectivity index (χ0n) is 16.2. The molecule has 2 aliphatic rings.